The fourth-order valence-corrected chi connectivity index (χ4v) is 0.442. The highest BCUT2D eigenvalue weighted by molar-refractivity contribution is 4.45. The average molecular weight is 133 g/mol. The monoisotopic (exact) mass is 133 g/mol. The van der Waals surface area contributed by atoms with Gasteiger partial charge >= 0.3 is 0 Å². The largest absolute Gasteiger partial charge is 0.393 e. The molecule has 0 radical (unpaired) electrons. The highest BCUT2D eigenvalue weighted by Gasteiger charge is 1.92. The fourth-order valence-electron chi connectivity index (χ4n) is 0.442. The fraction of sp³-hybridized carbons (Fsp3) is 1.00. The molecule has 0 saturated heterocycles. The van der Waals surface area contributed by atoms with Gasteiger partial charge in [-0.25, -0.2) is 5.48 Å². The molecule has 1 atom stereocenters. The molecule has 0 aromatic carbocycles. The van der Waals surface area contributed by atoms with Crippen molar-refractivity contribution in [3.05, 3.63) is 0 Å². The van der Waals surface area contributed by atoms with Crippen LogP contribution >= 0.6 is 0 Å². The first-order valence-electron chi connectivity index (χ1n) is 3.30. The Morgan fingerprint density at radius 2 is 2.33 bits per heavy atom. The molecule has 0 heterocycles. The smallest absolute Gasteiger partial charge is 0.0653 e. The zero-order valence-electron chi connectivity index (χ0n) is 6.05. The standard InChI is InChI=1S/C6H15NO2/c1-3-9-7-5-4-6(2)8/h6-8H,3-5H2,1-2H3. The molecule has 0 saturated carbocycles. The van der Waals surface area contributed by atoms with Crippen LogP contribution in [0.2, 0.25) is 0 Å². The lowest BCUT2D eigenvalue weighted by atomic mass is 10.3. The quantitative estimate of drug-likeness (QED) is 0.418. The zero-order chi connectivity index (χ0) is 7.11. The van der Waals surface area contributed by atoms with Crippen molar-refractivity contribution in [1.29, 1.82) is 0 Å². The molecule has 1 unspecified atom stereocenters. The molecule has 3 heteroatoms. The summed E-state index contributed by atoms with van der Waals surface area (Å²) in [5, 5.41) is 8.76. The number of hydroxylamine groups is 1. The van der Waals surface area contributed by atoms with Crippen LogP contribution in [0.4, 0.5) is 0 Å². The van der Waals surface area contributed by atoms with E-state index in [9.17, 15) is 0 Å². The molecular formula is C6H15NO2. The van der Waals surface area contributed by atoms with Gasteiger partial charge in [0, 0.05) is 6.54 Å². The predicted molar refractivity (Wildman–Crippen MR) is 35.9 cm³/mol. The van der Waals surface area contributed by atoms with Crippen LogP contribution in [0.1, 0.15) is 20.3 Å². The third-order valence-electron chi connectivity index (χ3n) is 0.911. The van der Waals surface area contributed by atoms with Gasteiger partial charge in [-0.2, -0.15) is 0 Å². The van der Waals surface area contributed by atoms with E-state index in [1.165, 1.54) is 0 Å². The first kappa shape index (κ1) is 8.88. The van der Waals surface area contributed by atoms with Crippen LogP contribution in [0.3, 0.4) is 0 Å². The number of nitrogens with one attached hydrogen (secondary N) is 1. The second kappa shape index (κ2) is 6.01. The van der Waals surface area contributed by atoms with E-state index in [0.29, 0.717) is 13.2 Å². The Morgan fingerprint density at radius 3 is 2.78 bits per heavy atom. The molecule has 9 heavy (non-hydrogen) atoms. The topological polar surface area (TPSA) is 41.5 Å². The minimum Gasteiger partial charge on any atom is -0.393 e. The summed E-state index contributed by atoms with van der Waals surface area (Å²) < 4.78 is 0. The zero-order valence-corrected chi connectivity index (χ0v) is 6.05. The van der Waals surface area contributed by atoms with Crippen molar-refractivity contribution in [3.63, 3.8) is 0 Å². The lowest BCUT2D eigenvalue weighted by molar-refractivity contribution is 0.0418. The van der Waals surface area contributed by atoms with E-state index in [4.69, 9.17) is 9.94 Å². The minimum atomic E-state index is -0.238. The van der Waals surface area contributed by atoms with Crippen LogP contribution < -0.4 is 5.48 Å². The number of hydrogen-bond donors (Lipinski definition) is 2. The van der Waals surface area contributed by atoms with E-state index < -0.39 is 0 Å². The third-order valence-corrected chi connectivity index (χ3v) is 0.911. The summed E-state index contributed by atoms with van der Waals surface area (Å²) in [5.74, 6) is 0. The van der Waals surface area contributed by atoms with Crippen LogP contribution in [0.5, 0.6) is 0 Å². The number of aliphatic hydroxyl groups excluding tert-OH is 1. The van der Waals surface area contributed by atoms with Gasteiger partial charge in [-0.3, -0.25) is 0 Å². The summed E-state index contributed by atoms with van der Waals surface area (Å²) in [6.07, 6.45) is 0.498. The van der Waals surface area contributed by atoms with Crippen molar-refractivity contribution < 1.29 is 9.94 Å². The number of hydrogen-bond acceptors (Lipinski definition) is 3. The molecule has 0 amide bonds. The molecule has 0 fully saturated rings. The van der Waals surface area contributed by atoms with Gasteiger partial charge < -0.3 is 9.94 Å². The van der Waals surface area contributed by atoms with Gasteiger partial charge in [0.2, 0.25) is 0 Å². The Morgan fingerprint density at radius 1 is 1.67 bits per heavy atom. The van der Waals surface area contributed by atoms with E-state index in [0.717, 1.165) is 6.42 Å². The van der Waals surface area contributed by atoms with E-state index in [2.05, 4.69) is 5.48 Å². The van der Waals surface area contributed by atoms with Crippen molar-refractivity contribution in [3.8, 4) is 0 Å². The molecule has 0 bridgehead atoms. The summed E-state index contributed by atoms with van der Waals surface area (Å²) >= 11 is 0. The summed E-state index contributed by atoms with van der Waals surface area (Å²) in [6.45, 7) is 5.05. The summed E-state index contributed by atoms with van der Waals surface area (Å²) in [6, 6.07) is 0. The average Bonchev–Trinajstić information content (AvgIpc) is 1.80. The lowest BCUT2D eigenvalue weighted by Crippen LogP contribution is -2.19. The normalized spacial score (nSPS) is 13.7. The van der Waals surface area contributed by atoms with E-state index in [1.807, 2.05) is 6.92 Å². The molecule has 0 aliphatic heterocycles. The predicted octanol–water partition coefficient (Wildman–Crippen LogP) is 0.298. The Labute approximate surface area is 56.0 Å². The third kappa shape index (κ3) is 7.88. The Balaban J connectivity index is 2.75. The molecule has 3 nitrogen and oxygen atoms in total. The second-order valence-corrected chi connectivity index (χ2v) is 1.97. The maximum atomic E-state index is 8.76. The molecule has 0 aromatic heterocycles. The van der Waals surface area contributed by atoms with Crippen molar-refractivity contribution in [2.45, 2.75) is 26.4 Å². The van der Waals surface area contributed by atoms with Gasteiger partial charge in [-0.05, 0) is 20.3 Å². The highest BCUT2D eigenvalue weighted by atomic mass is 16.6. The molecular weight excluding hydrogens is 118 g/mol. The van der Waals surface area contributed by atoms with Crippen molar-refractivity contribution in [2.75, 3.05) is 13.2 Å². The van der Waals surface area contributed by atoms with Crippen molar-refractivity contribution in [2.24, 2.45) is 0 Å². The van der Waals surface area contributed by atoms with Gasteiger partial charge in [-0.1, -0.05) is 0 Å². The van der Waals surface area contributed by atoms with Crippen molar-refractivity contribution >= 4 is 0 Å². The van der Waals surface area contributed by atoms with Gasteiger partial charge in [0.05, 0.1) is 12.7 Å². The van der Waals surface area contributed by atoms with Crippen LogP contribution in [-0.4, -0.2) is 24.4 Å². The maximum Gasteiger partial charge on any atom is 0.0653 e. The SMILES string of the molecule is CCONCCC(C)O. The Bertz CT molecular complexity index is 57.0. The van der Waals surface area contributed by atoms with Crippen LogP contribution in [0.15, 0.2) is 0 Å². The van der Waals surface area contributed by atoms with E-state index >= 15 is 0 Å². The van der Waals surface area contributed by atoms with Crippen molar-refractivity contribution in [1.82, 2.24) is 5.48 Å². The summed E-state index contributed by atoms with van der Waals surface area (Å²) in [7, 11) is 0. The molecule has 0 aliphatic carbocycles. The van der Waals surface area contributed by atoms with E-state index in [1.54, 1.807) is 6.92 Å². The maximum absolute atomic E-state index is 8.76. The van der Waals surface area contributed by atoms with Gasteiger partial charge in [0.25, 0.3) is 0 Å². The molecule has 2 N–H and O–H groups in total. The van der Waals surface area contributed by atoms with Gasteiger partial charge in [0.1, 0.15) is 0 Å². The van der Waals surface area contributed by atoms with Crippen LogP contribution in [0.25, 0.3) is 0 Å². The van der Waals surface area contributed by atoms with Gasteiger partial charge in [0.15, 0.2) is 0 Å². The first-order chi connectivity index (χ1) is 4.27. The van der Waals surface area contributed by atoms with Gasteiger partial charge in [-0.15, -0.1) is 0 Å². The molecule has 0 spiro atoms. The lowest BCUT2D eigenvalue weighted by Gasteiger charge is -2.04. The highest BCUT2D eigenvalue weighted by Crippen LogP contribution is 1.84. The Hall–Kier alpha value is -0.120. The first-order valence-corrected chi connectivity index (χ1v) is 3.30. The van der Waals surface area contributed by atoms with E-state index in [-0.39, 0.29) is 6.10 Å². The molecule has 0 aromatic rings. The van der Waals surface area contributed by atoms with Crippen LogP contribution in [-0.2, 0) is 4.84 Å². The Kier molecular flexibility index (Phi) is 5.93. The summed E-state index contributed by atoms with van der Waals surface area (Å²) in [5.41, 5.74) is 2.71. The molecule has 0 aliphatic rings. The summed E-state index contributed by atoms with van der Waals surface area (Å²) in [4.78, 5) is 4.82. The number of rotatable bonds is 5. The van der Waals surface area contributed by atoms with Crippen LogP contribution in [0, 0.1) is 0 Å². The minimum absolute atomic E-state index is 0.238. The number of aliphatic hydroxyl groups is 1. The molecule has 56 valence electrons. The second-order valence-electron chi connectivity index (χ2n) is 1.97. The molecule has 0 rings (SSSR count).